The van der Waals surface area contributed by atoms with Gasteiger partial charge in [-0.25, -0.2) is 4.57 Å². The van der Waals surface area contributed by atoms with E-state index in [1.807, 2.05) is 21.1 Å². The molecule has 0 aliphatic heterocycles. The Bertz CT molecular complexity index is 1120. The molecule has 0 rings (SSSR count). The van der Waals surface area contributed by atoms with Gasteiger partial charge in [0.2, 0.25) is 0 Å². The third-order valence-corrected chi connectivity index (χ3v) is 11.9. The van der Waals surface area contributed by atoms with Gasteiger partial charge in [-0.15, -0.1) is 0 Å². The topological polar surface area (TPSA) is 91.3 Å². The molecule has 2 atom stereocenters. The maximum absolute atomic E-state index is 12.8. The molecule has 0 fully saturated rings. The molecule has 2 unspecified atom stereocenters. The number of allylic oxidation sites excluding steroid dienone is 8. The van der Waals surface area contributed by atoms with Gasteiger partial charge in [0, 0.05) is 13.0 Å². The Balaban J connectivity index is 4.16. The van der Waals surface area contributed by atoms with Crippen LogP contribution in [0.25, 0.3) is 0 Å². The van der Waals surface area contributed by atoms with E-state index in [0.29, 0.717) is 24.1 Å². The first-order valence-electron chi connectivity index (χ1n) is 25.4. The van der Waals surface area contributed by atoms with Crippen LogP contribution in [0.1, 0.15) is 219 Å². The van der Waals surface area contributed by atoms with Crippen LogP contribution in [0.3, 0.4) is 0 Å². The summed E-state index contributed by atoms with van der Waals surface area (Å²) in [4.78, 5) is 23.0. The summed E-state index contributed by atoms with van der Waals surface area (Å²) in [6, 6.07) is 0. The number of hydrogen-bond donors (Lipinski definition) is 1. The Hall–Kier alpha value is -1.54. The Morgan fingerprint density at radius 1 is 0.525 bits per heavy atom. The van der Waals surface area contributed by atoms with Crippen molar-refractivity contribution in [2.45, 2.75) is 225 Å². The average Bonchev–Trinajstić information content (AvgIpc) is 3.22. The lowest BCUT2D eigenvalue weighted by atomic mass is 10.0. The van der Waals surface area contributed by atoms with Crippen LogP contribution >= 0.6 is 7.82 Å². The van der Waals surface area contributed by atoms with E-state index in [1.54, 1.807) is 0 Å². The van der Waals surface area contributed by atoms with Crippen molar-refractivity contribution in [3.05, 3.63) is 48.6 Å². The highest BCUT2D eigenvalue weighted by molar-refractivity contribution is 7.47. The second-order valence-electron chi connectivity index (χ2n) is 18.2. The molecule has 0 spiro atoms. The van der Waals surface area contributed by atoms with Crippen LogP contribution in [0.5, 0.6) is 0 Å². The van der Waals surface area contributed by atoms with E-state index in [9.17, 15) is 14.3 Å². The monoisotopic (exact) mass is 881 g/mol. The number of hydrogen-bond acceptors (Lipinski definition) is 6. The summed E-state index contributed by atoms with van der Waals surface area (Å²) in [6.45, 7) is 5.52. The van der Waals surface area contributed by atoms with Crippen LogP contribution in [0.15, 0.2) is 48.6 Å². The fourth-order valence-electron chi connectivity index (χ4n) is 7.02. The molecule has 0 bridgehead atoms. The number of esters is 1. The first-order valence-corrected chi connectivity index (χ1v) is 26.9. The Labute approximate surface area is 378 Å². The van der Waals surface area contributed by atoms with Crippen LogP contribution in [0.2, 0.25) is 0 Å². The molecular formula is C52H99NO7P+. The summed E-state index contributed by atoms with van der Waals surface area (Å²) < 4.78 is 35.1. The zero-order valence-electron chi connectivity index (χ0n) is 40.7. The molecule has 61 heavy (non-hydrogen) atoms. The SMILES string of the molecule is CC/C=C\C/C=C\C/C=C\C/C=C\CCCCCCCCCOCC(COP(=O)(O)OCC[N+](C)(C)C)OC(=O)CCCCCCCCCCCCCCCCCCCCC. The quantitative estimate of drug-likeness (QED) is 0.0214. The van der Waals surface area contributed by atoms with Crippen molar-refractivity contribution in [3.63, 3.8) is 0 Å². The zero-order valence-corrected chi connectivity index (χ0v) is 41.5. The average molecular weight is 881 g/mol. The maximum Gasteiger partial charge on any atom is 0.472 e. The predicted octanol–water partition coefficient (Wildman–Crippen LogP) is 15.5. The number of nitrogens with zero attached hydrogens (tertiary/aromatic N) is 1. The van der Waals surface area contributed by atoms with E-state index in [0.717, 1.165) is 64.2 Å². The summed E-state index contributed by atoms with van der Waals surface area (Å²) in [5, 5.41) is 0. The van der Waals surface area contributed by atoms with Crippen LogP contribution in [0, 0.1) is 0 Å². The number of phosphoric acid groups is 1. The van der Waals surface area contributed by atoms with Gasteiger partial charge in [0.15, 0.2) is 0 Å². The van der Waals surface area contributed by atoms with Gasteiger partial charge in [0.25, 0.3) is 0 Å². The third kappa shape index (κ3) is 49.3. The van der Waals surface area contributed by atoms with Crippen molar-refractivity contribution in [1.29, 1.82) is 0 Å². The number of carbonyl (C=O) groups is 1. The number of phosphoric ester groups is 1. The number of likely N-dealkylation sites (N-methyl/N-ethyl adjacent to an activating group) is 1. The zero-order chi connectivity index (χ0) is 44.8. The van der Waals surface area contributed by atoms with Crippen LogP contribution in [-0.2, 0) is 27.9 Å². The Kier molecular flexibility index (Phi) is 43.9. The molecule has 0 radical (unpaired) electrons. The van der Waals surface area contributed by atoms with E-state index < -0.39 is 13.9 Å². The number of ether oxygens (including phenoxy) is 2. The summed E-state index contributed by atoms with van der Waals surface area (Å²) in [7, 11) is 1.66. The molecule has 8 nitrogen and oxygen atoms in total. The molecule has 0 heterocycles. The summed E-state index contributed by atoms with van der Waals surface area (Å²) in [5.74, 6) is -0.315. The van der Waals surface area contributed by atoms with Crippen molar-refractivity contribution in [1.82, 2.24) is 0 Å². The molecule has 0 saturated heterocycles. The van der Waals surface area contributed by atoms with Gasteiger partial charge in [-0.05, 0) is 51.4 Å². The maximum atomic E-state index is 12.8. The highest BCUT2D eigenvalue weighted by atomic mass is 31.2. The predicted molar refractivity (Wildman–Crippen MR) is 261 cm³/mol. The molecule has 0 amide bonds. The van der Waals surface area contributed by atoms with E-state index in [1.165, 1.54) is 135 Å². The summed E-state index contributed by atoms with van der Waals surface area (Å²) in [5.41, 5.74) is 0. The first-order chi connectivity index (χ1) is 29.6. The fraction of sp³-hybridized carbons (Fsp3) is 0.827. The van der Waals surface area contributed by atoms with Crippen molar-refractivity contribution in [2.24, 2.45) is 0 Å². The fourth-order valence-corrected chi connectivity index (χ4v) is 7.76. The molecule has 0 aromatic carbocycles. The van der Waals surface area contributed by atoms with Crippen LogP contribution < -0.4 is 0 Å². The van der Waals surface area contributed by atoms with Gasteiger partial charge in [-0.2, -0.15) is 0 Å². The molecule has 1 N–H and O–H groups in total. The lowest BCUT2D eigenvalue weighted by Gasteiger charge is -2.24. The van der Waals surface area contributed by atoms with Crippen molar-refractivity contribution >= 4 is 13.8 Å². The number of quaternary nitrogens is 1. The van der Waals surface area contributed by atoms with Gasteiger partial charge < -0.3 is 18.9 Å². The number of rotatable bonds is 47. The normalized spacial score (nSPS) is 14.0. The number of unbranched alkanes of at least 4 members (excludes halogenated alkanes) is 25. The first kappa shape index (κ1) is 59.5. The second kappa shape index (κ2) is 45.0. The molecule has 0 aliphatic rings. The smallest absolute Gasteiger partial charge is 0.457 e. The van der Waals surface area contributed by atoms with E-state index in [2.05, 4.69) is 62.5 Å². The van der Waals surface area contributed by atoms with Crippen molar-refractivity contribution < 1.29 is 37.3 Å². The molecule has 358 valence electrons. The Morgan fingerprint density at radius 2 is 0.951 bits per heavy atom. The van der Waals surface area contributed by atoms with Gasteiger partial charge in [0.05, 0.1) is 34.4 Å². The molecular weight excluding hydrogens is 782 g/mol. The molecule has 0 aromatic rings. The lowest BCUT2D eigenvalue weighted by Crippen LogP contribution is -2.37. The minimum absolute atomic E-state index is 0.0862. The molecule has 9 heteroatoms. The highest BCUT2D eigenvalue weighted by Gasteiger charge is 2.26. The molecule has 0 aliphatic carbocycles. The lowest BCUT2D eigenvalue weighted by molar-refractivity contribution is -0.870. The molecule has 0 aromatic heterocycles. The molecule has 0 saturated carbocycles. The van der Waals surface area contributed by atoms with Gasteiger partial charge in [-0.1, -0.05) is 210 Å². The van der Waals surface area contributed by atoms with Crippen molar-refractivity contribution in [3.8, 4) is 0 Å². The third-order valence-electron chi connectivity index (χ3n) is 10.9. The van der Waals surface area contributed by atoms with E-state index >= 15 is 0 Å². The minimum atomic E-state index is -4.28. The van der Waals surface area contributed by atoms with Crippen molar-refractivity contribution in [2.75, 3.05) is 54.1 Å². The van der Waals surface area contributed by atoms with E-state index in [-0.39, 0.29) is 25.8 Å². The van der Waals surface area contributed by atoms with Gasteiger partial charge in [-0.3, -0.25) is 13.8 Å². The van der Waals surface area contributed by atoms with Gasteiger partial charge in [0.1, 0.15) is 19.3 Å². The summed E-state index contributed by atoms with van der Waals surface area (Å²) >= 11 is 0. The summed E-state index contributed by atoms with van der Waals surface area (Å²) in [6.07, 6.45) is 55.8. The standard InChI is InChI=1S/C52H98NO7P/c1-6-8-10-12-14-16-18-20-22-24-26-28-30-32-34-36-38-40-42-44-47-57-49-51(50-59-61(55,56)58-48-46-53(3,4)5)60-52(54)45-43-41-39-37-35-33-31-29-27-25-23-21-19-17-15-13-11-9-7-2/h8,10,14,16,20,22,26,28,51H,6-7,9,11-13,15,17-19,21,23-25,27,29-50H2,1-5H3/p+1/b10-8-,16-14-,22-20-,28-26-. The Morgan fingerprint density at radius 3 is 1.43 bits per heavy atom. The highest BCUT2D eigenvalue weighted by Crippen LogP contribution is 2.43. The second-order valence-corrected chi connectivity index (χ2v) is 19.6. The minimum Gasteiger partial charge on any atom is -0.457 e. The van der Waals surface area contributed by atoms with E-state index in [4.69, 9.17) is 18.5 Å². The van der Waals surface area contributed by atoms with Gasteiger partial charge >= 0.3 is 13.8 Å². The number of carbonyl (C=O) groups excluding carboxylic acids is 1. The largest absolute Gasteiger partial charge is 0.472 e. The van der Waals surface area contributed by atoms with Crippen LogP contribution in [-0.4, -0.2) is 75.6 Å². The van der Waals surface area contributed by atoms with Crippen LogP contribution in [0.4, 0.5) is 0 Å².